The fourth-order valence-corrected chi connectivity index (χ4v) is 5.45. The third kappa shape index (κ3) is 13.6. The zero-order valence-corrected chi connectivity index (χ0v) is 29.5. The molecule has 0 radical (unpaired) electrons. The average Bonchev–Trinajstić information content (AvgIpc) is 3.03. The first kappa shape index (κ1) is 37.6. The fraction of sp³-hybridized carbons (Fsp3) is 0.462. The van der Waals surface area contributed by atoms with Gasteiger partial charge >= 0.3 is 12.2 Å². The van der Waals surface area contributed by atoms with E-state index >= 15 is 0 Å². The highest BCUT2D eigenvalue weighted by molar-refractivity contribution is 6.01. The van der Waals surface area contributed by atoms with E-state index in [0.717, 1.165) is 16.7 Å². The van der Waals surface area contributed by atoms with Crippen LogP contribution in [-0.4, -0.2) is 54.2 Å². The van der Waals surface area contributed by atoms with E-state index in [1.807, 2.05) is 91.0 Å². The number of aliphatic imine (C=N–C) groups is 1. The Bertz CT molecular complexity index is 1440. The van der Waals surface area contributed by atoms with Gasteiger partial charge in [-0.1, -0.05) is 91.0 Å². The standard InChI is InChI=1S/C39H51N3O7/c1-38(2,3)48-36(43)41-35(42-37(44)49-39(4,5)6)40-32-23-22-31(27-45-24-28-16-10-7-11-17-28)33(46-25-29-18-12-8-13-19-29)34(32)47-26-30-20-14-9-15-21-30/h7-21,31-34H,22-27H2,1-6H3,(H2,40,41,42,43,44)/t31-,32+,33+,34-/m1/s1. The fourth-order valence-electron chi connectivity index (χ4n) is 5.45. The van der Waals surface area contributed by atoms with E-state index in [1.165, 1.54) is 0 Å². The molecule has 0 bridgehead atoms. The summed E-state index contributed by atoms with van der Waals surface area (Å²) in [5, 5.41) is 5.25. The number of guanidine groups is 1. The zero-order chi connectivity index (χ0) is 35.3. The Labute approximate surface area is 290 Å². The van der Waals surface area contributed by atoms with Gasteiger partial charge in [0, 0.05) is 5.92 Å². The third-order valence-electron chi connectivity index (χ3n) is 7.55. The predicted octanol–water partition coefficient (Wildman–Crippen LogP) is 7.56. The molecule has 3 aromatic rings. The Morgan fingerprint density at radius 3 is 1.51 bits per heavy atom. The van der Waals surface area contributed by atoms with Crippen molar-refractivity contribution in [3.63, 3.8) is 0 Å². The van der Waals surface area contributed by atoms with E-state index in [0.29, 0.717) is 39.3 Å². The Morgan fingerprint density at radius 2 is 1.06 bits per heavy atom. The van der Waals surface area contributed by atoms with Crippen LogP contribution in [0.25, 0.3) is 0 Å². The van der Waals surface area contributed by atoms with Gasteiger partial charge in [-0.05, 0) is 71.1 Å². The molecule has 4 atom stereocenters. The SMILES string of the molecule is CC(C)(C)OC(=O)NC(=N[C@H]1CC[C@H](COCc2ccccc2)[C@H](OCc2ccccc2)[C@@H]1OCc1ccccc1)NC(=O)OC(C)(C)C. The van der Waals surface area contributed by atoms with Gasteiger partial charge in [-0.2, -0.15) is 0 Å². The van der Waals surface area contributed by atoms with E-state index in [9.17, 15) is 9.59 Å². The first-order valence-electron chi connectivity index (χ1n) is 16.9. The molecule has 1 saturated carbocycles. The zero-order valence-electron chi connectivity index (χ0n) is 29.5. The molecule has 0 saturated heterocycles. The Morgan fingerprint density at radius 1 is 0.633 bits per heavy atom. The maximum atomic E-state index is 12.9. The Hall–Kier alpha value is -4.25. The van der Waals surface area contributed by atoms with E-state index in [1.54, 1.807) is 41.5 Å². The van der Waals surface area contributed by atoms with Gasteiger partial charge in [-0.25, -0.2) is 14.6 Å². The summed E-state index contributed by atoms with van der Waals surface area (Å²) in [5.41, 5.74) is 1.57. The van der Waals surface area contributed by atoms with Crippen LogP contribution in [0, 0.1) is 5.92 Å². The second kappa shape index (κ2) is 17.9. The summed E-state index contributed by atoms with van der Waals surface area (Å²) in [7, 11) is 0. The highest BCUT2D eigenvalue weighted by Crippen LogP contribution is 2.33. The van der Waals surface area contributed by atoms with Crippen molar-refractivity contribution < 1.29 is 33.3 Å². The molecule has 3 aromatic carbocycles. The number of nitrogens with zero attached hydrogens (tertiary/aromatic N) is 1. The molecule has 1 aliphatic rings. The average molecular weight is 674 g/mol. The molecule has 0 heterocycles. The van der Waals surface area contributed by atoms with Crippen molar-refractivity contribution in [2.75, 3.05) is 6.61 Å². The van der Waals surface area contributed by atoms with Crippen LogP contribution >= 0.6 is 0 Å². The van der Waals surface area contributed by atoms with Crippen molar-refractivity contribution >= 4 is 18.1 Å². The number of carbonyl (C=O) groups excluding carboxylic acids is 2. The predicted molar refractivity (Wildman–Crippen MR) is 189 cm³/mol. The van der Waals surface area contributed by atoms with Crippen LogP contribution in [0.3, 0.4) is 0 Å². The van der Waals surface area contributed by atoms with Gasteiger partial charge in [0.05, 0.1) is 38.6 Å². The lowest BCUT2D eigenvalue weighted by Crippen LogP contribution is -2.52. The van der Waals surface area contributed by atoms with Gasteiger partial charge in [-0.15, -0.1) is 0 Å². The van der Waals surface area contributed by atoms with Gasteiger partial charge in [0.1, 0.15) is 17.3 Å². The number of amides is 2. The number of hydrogen-bond acceptors (Lipinski definition) is 8. The van der Waals surface area contributed by atoms with E-state index in [2.05, 4.69) is 10.6 Å². The summed E-state index contributed by atoms with van der Waals surface area (Å²) in [4.78, 5) is 30.7. The molecule has 0 unspecified atom stereocenters. The first-order valence-corrected chi connectivity index (χ1v) is 16.9. The molecule has 4 rings (SSSR count). The highest BCUT2D eigenvalue weighted by atomic mass is 16.6. The van der Waals surface area contributed by atoms with Crippen LogP contribution in [0.1, 0.15) is 71.1 Å². The van der Waals surface area contributed by atoms with Crippen molar-refractivity contribution in [3.8, 4) is 0 Å². The van der Waals surface area contributed by atoms with Crippen LogP contribution in [0.5, 0.6) is 0 Å². The van der Waals surface area contributed by atoms with Crippen molar-refractivity contribution in [1.82, 2.24) is 10.6 Å². The summed E-state index contributed by atoms with van der Waals surface area (Å²) in [5.74, 6) is -0.108. The highest BCUT2D eigenvalue weighted by Gasteiger charge is 2.42. The number of carbonyl (C=O) groups is 2. The lowest BCUT2D eigenvalue weighted by atomic mass is 9.81. The summed E-state index contributed by atoms with van der Waals surface area (Å²) in [6.45, 7) is 12.2. The molecule has 0 spiro atoms. The molecule has 2 amide bonds. The minimum absolute atomic E-state index is 0.0132. The number of rotatable bonds is 11. The molecule has 1 fully saturated rings. The Balaban J connectivity index is 1.65. The third-order valence-corrected chi connectivity index (χ3v) is 7.55. The molecule has 10 nitrogen and oxygen atoms in total. The van der Waals surface area contributed by atoms with Crippen LogP contribution in [0.2, 0.25) is 0 Å². The number of nitrogens with one attached hydrogen (secondary N) is 2. The van der Waals surface area contributed by atoms with Crippen LogP contribution < -0.4 is 10.6 Å². The maximum Gasteiger partial charge on any atom is 0.414 e. The first-order chi connectivity index (χ1) is 23.3. The summed E-state index contributed by atoms with van der Waals surface area (Å²) in [6, 6.07) is 29.4. The number of alkyl carbamates (subject to hydrolysis) is 2. The second-order valence-corrected chi connectivity index (χ2v) is 14.2. The molecule has 0 aliphatic heterocycles. The normalized spacial score (nSPS) is 19.4. The number of ether oxygens (including phenoxy) is 5. The molecular weight excluding hydrogens is 622 g/mol. The van der Waals surface area contributed by atoms with Gasteiger partial charge in [0.15, 0.2) is 0 Å². The summed E-state index contributed by atoms with van der Waals surface area (Å²) in [6.07, 6.45) is -1.21. The van der Waals surface area contributed by atoms with Crippen molar-refractivity contribution in [3.05, 3.63) is 108 Å². The summed E-state index contributed by atoms with van der Waals surface area (Å²) < 4.78 is 30.6. The molecule has 0 aromatic heterocycles. The van der Waals surface area contributed by atoms with E-state index in [-0.39, 0.29) is 11.9 Å². The minimum Gasteiger partial charge on any atom is -0.444 e. The minimum atomic E-state index is -0.767. The molecule has 264 valence electrons. The number of benzene rings is 3. The quantitative estimate of drug-likeness (QED) is 0.159. The summed E-state index contributed by atoms with van der Waals surface area (Å²) >= 11 is 0. The topological polar surface area (TPSA) is 117 Å². The van der Waals surface area contributed by atoms with Crippen LogP contribution in [-0.2, 0) is 43.5 Å². The van der Waals surface area contributed by atoms with Crippen LogP contribution in [0.15, 0.2) is 96.0 Å². The van der Waals surface area contributed by atoms with Crippen molar-refractivity contribution in [2.45, 2.75) is 104 Å². The van der Waals surface area contributed by atoms with Crippen molar-refractivity contribution in [1.29, 1.82) is 0 Å². The monoisotopic (exact) mass is 673 g/mol. The second-order valence-electron chi connectivity index (χ2n) is 14.2. The number of hydrogen-bond donors (Lipinski definition) is 2. The Kier molecular flexibility index (Phi) is 13.8. The van der Waals surface area contributed by atoms with Crippen LogP contribution in [0.4, 0.5) is 9.59 Å². The lowest BCUT2D eigenvalue weighted by Gasteiger charge is -2.41. The maximum absolute atomic E-state index is 12.9. The van der Waals surface area contributed by atoms with Gasteiger partial charge < -0.3 is 23.7 Å². The molecule has 10 heteroatoms. The lowest BCUT2D eigenvalue weighted by molar-refractivity contribution is -0.146. The molecule has 49 heavy (non-hydrogen) atoms. The van der Waals surface area contributed by atoms with E-state index < -0.39 is 41.6 Å². The van der Waals surface area contributed by atoms with Gasteiger partial charge in [0.2, 0.25) is 5.96 Å². The van der Waals surface area contributed by atoms with Crippen molar-refractivity contribution in [2.24, 2.45) is 10.9 Å². The van der Waals surface area contributed by atoms with E-state index in [4.69, 9.17) is 28.7 Å². The molecule has 2 N–H and O–H groups in total. The molecule has 1 aliphatic carbocycles. The van der Waals surface area contributed by atoms with Gasteiger partial charge in [-0.3, -0.25) is 10.6 Å². The smallest absolute Gasteiger partial charge is 0.414 e. The molecular formula is C39H51N3O7. The van der Waals surface area contributed by atoms with Gasteiger partial charge in [0.25, 0.3) is 0 Å². The largest absolute Gasteiger partial charge is 0.444 e.